The summed E-state index contributed by atoms with van der Waals surface area (Å²) in [5, 5.41) is 4.97. The first-order chi connectivity index (χ1) is 26.0. The molecule has 10 rings (SSSR count). The molecule has 5 heteroatoms. The maximum atomic E-state index is 4.85. The highest BCUT2D eigenvalue weighted by atomic mass is 15.1. The Hall–Kier alpha value is -6.59. The van der Waals surface area contributed by atoms with Crippen LogP contribution < -0.4 is 0 Å². The van der Waals surface area contributed by atoms with Crippen molar-refractivity contribution in [3.05, 3.63) is 169 Å². The molecule has 5 heterocycles. The van der Waals surface area contributed by atoms with Crippen molar-refractivity contribution in [2.75, 3.05) is 0 Å². The van der Waals surface area contributed by atoms with E-state index in [1.165, 1.54) is 60.5 Å². The van der Waals surface area contributed by atoms with Gasteiger partial charge in [0.1, 0.15) is 5.82 Å². The number of fused-ring (bicyclic) bond motifs is 9. The van der Waals surface area contributed by atoms with Crippen LogP contribution in [0.3, 0.4) is 0 Å². The predicted molar refractivity (Wildman–Crippen MR) is 222 cm³/mol. The van der Waals surface area contributed by atoms with Crippen molar-refractivity contribution in [3.8, 4) is 39.5 Å². The summed E-state index contributed by atoms with van der Waals surface area (Å²) in [6.07, 6.45) is 11.5. The third-order valence-corrected chi connectivity index (χ3v) is 10.6. The van der Waals surface area contributed by atoms with Crippen LogP contribution in [0.25, 0.3) is 83.1 Å². The Bertz CT molecular complexity index is 2870. The summed E-state index contributed by atoms with van der Waals surface area (Å²) in [4.78, 5) is 17.8. The molecule has 0 aliphatic heterocycles. The van der Waals surface area contributed by atoms with Gasteiger partial charge in [-0.25, -0.2) is 4.98 Å². The topological polar surface area (TPSA) is 59.4 Å². The molecule has 0 atom stereocenters. The van der Waals surface area contributed by atoms with Crippen LogP contribution in [0.1, 0.15) is 30.5 Å². The smallest absolute Gasteiger partial charge is 0.137 e. The number of hydrogen-bond donors (Lipinski definition) is 1. The lowest BCUT2D eigenvalue weighted by molar-refractivity contribution is 0.946. The Morgan fingerprint density at radius 1 is 0.642 bits per heavy atom. The van der Waals surface area contributed by atoms with E-state index in [2.05, 4.69) is 118 Å². The molecule has 5 aromatic heterocycles. The van der Waals surface area contributed by atoms with E-state index < -0.39 is 0 Å². The van der Waals surface area contributed by atoms with Crippen molar-refractivity contribution in [2.24, 2.45) is 0 Å². The summed E-state index contributed by atoms with van der Waals surface area (Å²) in [5.41, 5.74) is 16.6. The first kappa shape index (κ1) is 32.3. The number of nitrogens with one attached hydrogen (secondary N) is 1. The highest BCUT2D eigenvalue weighted by molar-refractivity contribution is 6.13. The lowest BCUT2D eigenvalue weighted by atomic mass is 9.84. The van der Waals surface area contributed by atoms with Crippen molar-refractivity contribution in [2.45, 2.75) is 33.6 Å². The van der Waals surface area contributed by atoms with Gasteiger partial charge in [0, 0.05) is 62.3 Å². The van der Waals surface area contributed by atoms with Crippen LogP contribution in [0.5, 0.6) is 0 Å². The van der Waals surface area contributed by atoms with Crippen molar-refractivity contribution < 1.29 is 0 Å². The lowest BCUT2D eigenvalue weighted by Crippen LogP contribution is -2.05. The Kier molecular flexibility index (Phi) is 8.04. The standard InChI is InChI=1S/C42H29N5.C6H10/c1-25-14-17-45-42(18-25)47-40-13-11-29(37-7-3-5-16-44-37)22-34(40)35-20-27-9-8-26-19-33-32-21-28(36-6-2-4-15-43-36)10-12-38(32)46-39(33)23-30(26)31(27)24-41(35)47;1-4-6(3)5-2/h2-7,10-24,46H,8-9H2,1H3;4-5H,1H2,2-3H3/b;6-5-. The predicted octanol–water partition coefficient (Wildman–Crippen LogP) is 12.1. The monoisotopic (exact) mass is 685 g/mol. The molecule has 256 valence electrons. The van der Waals surface area contributed by atoms with Crippen LogP contribution in [0, 0.1) is 6.92 Å². The molecule has 0 saturated carbocycles. The normalized spacial score (nSPS) is 12.5. The molecule has 1 aliphatic rings. The Morgan fingerprint density at radius 2 is 1.28 bits per heavy atom. The minimum atomic E-state index is 0.932. The SMILES string of the molecule is C=C/C(C)=C\C.Cc1ccnc(-n2c3ccc(-c4ccccn4)cc3c3cc4c(cc32)-c2cc3[nH]c5ccc(-c6ccccn6)cc5c3cc2CC4)c1. The molecule has 1 N–H and O–H groups in total. The van der Waals surface area contributed by atoms with Gasteiger partial charge in [0.2, 0.25) is 0 Å². The van der Waals surface area contributed by atoms with Crippen LogP contribution in [-0.2, 0) is 12.8 Å². The van der Waals surface area contributed by atoms with E-state index in [4.69, 9.17) is 4.98 Å². The summed E-state index contributed by atoms with van der Waals surface area (Å²) < 4.78 is 2.33. The molecular formula is C48H39N5. The van der Waals surface area contributed by atoms with Crippen LogP contribution in [-0.4, -0.2) is 24.5 Å². The fourth-order valence-electron chi connectivity index (χ4n) is 7.68. The van der Waals surface area contributed by atoms with E-state index in [-0.39, 0.29) is 0 Å². The highest BCUT2D eigenvalue weighted by Gasteiger charge is 2.23. The summed E-state index contributed by atoms with van der Waals surface area (Å²) in [6, 6.07) is 39.3. The molecule has 0 unspecified atom stereocenters. The second-order valence-electron chi connectivity index (χ2n) is 13.9. The maximum absolute atomic E-state index is 4.85. The van der Waals surface area contributed by atoms with Crippen LogP contribution in [0.15, 0.2) is 152 Å². The van der Waals surface area contributed by atoms with Crippen LogP contribution in [0.2, 0.25) is 0 Å². The van der Waals surface area contributed by atoms with Gasteiger partial charge >= 0.3 is 0 Å². The minimum absolute atomic E-state index is 0.932. The molecule has 53 heavy (non-hydrogen) atoms. The molecule has 0 bridgehead atoms. The number of pyridine rings is 3. The zero-order valence-corrected chi connectivity index (χ0v) is 30.2. The van der Waals surface area contributed by atoms with E-state index in [0.717, 1.165) is 57.7 Å². The number of nitrogens with zero attached hydrogens (tertiary/aromatic N) is 4. The number of aromatic amines is 1. The van der Waals surface area contributed by atoms with Crippen LogP contribution >= 0.6 is 0 Å². The summed E-state index contributed by atoms with van der Waals surface area (Å²) >= 11 is 0. The van der Waals surface area contributed by atoms with E-state index in [9.17, 15) is 0 Å². The Balaban J connectivity index is 0.000000576. The number of rotatable bonds is 4. The number of benzene rings is 4. The summed E-state index contributed by atoms with van der Waals surface area (Å²) in [6.45, 7) is 9.71. The van der Waals surface area contributed by atoms with Gasteiger partial charge in [-0.15, -0.1) is 0 Å². The molecule has 1 aliphatic carbocycles. The second-order valence-corrected chi connectivity index (χ2v) is 13.9. The number of H-pyrrole nitrogens is 1. The molecule has 0 radical (unpaired) electrons. The molecule has 0 saturated heterocycles. The van der Waals surface area contributed by atoms with E-state index in [1.807, 2.05) is 68.9 Å². The van der Waals surface area contributed by atoms with Gasteiger partial charge in [-0.2, -0.15) is 0 Å². The maximum Gasteiger partial charge on any atom is 0.137 e. The number of aromatic nitrogens is 5. The van der Waals surface area contributed by atoms with Crippen molar-refractivity contribution in [3.63, 3.8) is 0 Å². The van der Waals surface area contributed by atoms with Gasteiger partial charge in [0.15, 0.2) is 0 Å². The lowest BCUT2D eigenvalue weighted by Gasteiger charge is -2.21. The van der Waals surface area contributed by atoms with Gasteiger partial charge in [-0.1, -0.05) is 48.6 Å². The zero-order chi connectivity index (χ0) is 36.1. The minimum Gasteiger partial charge on any atom is -0.354 e. The quantitative estimate of drug-likeness (QED) is 0.188. The van der Waals surface area contributed by atoms with Crippen LogP contribution in [0.4, 0.5) is 0 Å². The van der Waals surface area contributed by atoms with E-state index in [0.29, 0.717) is 0 Å². The molecular weight excluding hydrogens is 647 g/mol. The molecule has 4 aromatic carbocycles. The van der Waals surface area contributed by atoms with Crippen molar-refractivity contribution in [1.82, 2.24) is 24.5 Å². The van der Waals surface area contributed by atoms with E-state index >= 15 is 0 Å². The molecule has 0 fully saturated rings. The fraction of sp³-hybridized carbons (Fsp3) is 0.104. The molecule has 5 nitrogen and oxygen atoms in total. The molecule has 0 spiro atoms. The third kappa shape index (κ3) is 5.71. The Morgan fingerprint density at radius 3 is 1.92 bits per heavy atom. The largest absolute Gasteiger partial charge is 0.354 e. The van der Waals surface area contributed by atoms with E-state index in [1.54, 1.807) is 0 Å². The molecule has 9 aromatic rings. The second kappa shape index (κ2) is 13.2. The first-order valence-corrected chi connectivity index (χ1v) is 18.2. The summed E-state index contributed by atoms with van der Waals surface area (Å²) in [7, 11) is 0. The van der Waals surface area contributed by atoms with Gasteiger partial charge < -0.3 is 4.98 Å². The average Bonchev–Trinajstić information content (AvgIpc) is 3.73. The van der Waals surface area contributed by atoms with Gasteiger partial charge in [-0.3, -0.25) is 14.5 Å². The zero-order valence-electron chi connectivity index (χ0n) is 30.2. The average molecular weight is 686 g/mol. The van der Waals surface area contributed by atoms with Crippen molar-refractivity contribution >= 4 is 43.6 Å². The fourth-order valence-corrected chi connectivity index (χ4v) is 7.68. The van der Waals surface area contributed by atoms with Crippen molar-refractivity contribution in [1.29, 1.82) is 0 Å². The van der Waals surface area contributed by atoms with Gasteiger partial charge in [0.25, 0.3) is 0 Å². The highest BCUT2D eigenvalue weighted by Crippen LogP contribution is 2.43. The first-order valence-electron chi connectivity index (χ1n) is 18.2. The third-order valence-electron chi connectivity index (χ3n) is 10.6. The number of aryl methyl sites for hydroxylation is 3. The molecule has 0 amide bonds. The van der Waals surface area contributed by atoms with Gasteiger partial charge in [-0.05, 0) is 146 Å². The Labute approximate surface area is 309 Å². The van der Waals surface area contributed by atoms with Gasteiger partial charge in [0.05, 0.1) is 22.4 Å². The number of allylic oxidation sites excluding steroid dienone is 3. The number of hydrogen-bond acceptors (Lipinski definition) is 3. The summed E-state index contributed by atoms with van der Waals surface area (Å²) in [5.74, 6) is 0.932.